The van der Waals surface area contributed by atoms with Crippen LogP contribution in [0.4, 0.5) is 5.69 Å². The third-order valence-electron chi connectivity index (χ3n) is 4.26. The van der Waals surface area contributed by atoms with Crippen molar-refractivity contribution in [1.82, 2.24) is 9.88 Å². The predicted molar refractivity (Wildman–Crippen MR) is 102 cm³/mol. The summed E-state index contributed by atoms with van der Waals surface area (Å²) in [6.07, 6.45) is 1.99. The van der Waals surface area contributed by atoms with Crippen molar-refractivity contribution in [3.05, 3.63) is 28.0 Å². The number of methoxy groups -OCH3 is 2. The van der Waals surface area contributed by atoms with Crippen LogP contribution in [0.2, 0.25) is 0 Å². The highest BCUT2D eigenvalue weighted by Crippen LogP contribution is 2.42. The molecule has 0 bridgehead atoms. The molecule has 0 aliphatic carbocycles. The summed E-state index contributed by atoms with van der Waals surface area (Å²) in [4.78, 5) is 7.98. The number of H-pyrrole nitrogens is 1. The molecule has 6 heteroatoms. The minimum absolute atomic E-state index is 0.855. The number of piperazine rings is 1. The van der Waals surface area contributed by atoms with E-state index in [4.69, 9.17) is 9.47 Å². The molecule has 1 saturated heterocycles. The Labute approximate surface area is 150 Å². The summed E-state index contributed by atoms with van der Waals surface area (Å²) in [6, 6.07) is 6.28. The Morgan fingerprint density at radius 3 is 2.09 bits per heavy atom. The first-order valence-electron chi connectivity index (χ1n) is 7.66. The standard InChI is InChI=1S/C17H22IN3O2/c1-20-4-6-21(7-5-20)17-15(22-2)8-12(9-16(17)23-3)14-10-13(18)11-19-14/h8-11,19H,4-7H2,1-3H3. The van der Waals surface area contributed by atoms with Gasteiger partial charge in [-0.25, -0.2) is 0 Å². The van der Waals surface area contributed by atoms with Crippen molar-refractivity contribution in [2.24, 2.45) is 0 Å². The van der Waals surface area contributed by atoms with Gasteiger partial charge in [-0.3, -0.25) is 0 Å². The lowest BCUT2D eigenvalue weighted by Crippen LogP contribution is -2.44. The third kappa shape index (κ3) is 3.42. The van der Waals surface area contributed by atoms with Gasteiger partial charge in [-0.15, -0.1) is 0 Å². The Hall–Kier alpha value is -1.41. The zero-order valence-corrected chi connectivity index (χ0v) is 15.9. The fraction of sp³-hybridized carbons (Fsp3) is 0.412. The van der Waals surface area contributed by atoms with E-state index in [1.165, 1.54) is 3.57 Å². The second-order valence-electron chi connectivity index (χ2n) is 5.75. The normalized spacial score (nSPS) is 15.7. The highest BCUT2D eigenvalue weighted by Gasteiger charge is 2.23. The minimum atomic E-state index is 0.855. The summed E-state index contributed by atoms with van der Waals surface area (Å²) in [6.45, 7) is 4.04. The quantitative estimate of drug-likeness (QED) is 0.762. The van der Waals surface area contributed by atoms with Gasteiger partial charge in [0.2, 0.25) is 0 Å². The molecule has 1 aliphatic heterocycles. The zero-order chi connectivity index (χ0) is 16.4. The van der Waals surface area contributed by atoms with E-state index in [0.717, 1.165) is 54.6 Å². The second-order valence-corrected chi connectivity index (χ2v) is 7.00. The first-order chi connectivity index (χ1) is 11.1. The van der Waals surface area contributed by atoms with Crippen molar-refractivity contribution >= 4 is 28.3 Å². The van der Waals surface area contributed by atoms with Crippen LogP contribution >= 0.6 is 22.6 Å². The average Bonchev–Trinajstić information content (AvgIpc) is 3.01. The molecule has 3 rings (SSSR count). The Balaban J connectivity index is 2.02. The maximum Gasteiger partial charge on any atom is 0.146 e. The van der Waals surface area contributed by atoms with Crippen LogP contribution in [0.5, 0.6) is 11.5 Å². The van der Waals surface area contributed by atoms with Crippen LogP contribution in [-0.4, -0.2) is 57.3 Å². The highest BCUT2D eigenvalue weighted by molar-refractivity contribution is 14.1. The smallest absolute Gasteiger partial charge is 0.146 e. The second kappa shape index (κ2) is 7.00. The number of ether oxygens (including phenoxy) is 2. The molecular weight excluding hydrogens is 405 g/mol. The number of likely N-dealkylation sites (N-methyl/N-ethyl adjacent to an activating group) is 1. The maximum atomic E-state index is 5.69. The van der Waals surface area contributed by atoms with E-state index in [2.05, 4.69) is 62.6 Å². The number of aromatic amines is 1. The molecule has 0 atom stereocenters. The number of halogens is 1. The van der Waals surface area contributed by atoms with Gasteiger partial charge in [-0.05, 0) is 47.8 Å². The third-order valence-corrected chi connectivity index (χ3v) is 4.88. The summed E-state index contributed by atoms with van der Waals surface area (Å²) in [5, 5.41) is 0. The molecule has 1 aliphatic rings. The molecule has 1 aromatic carbocycles. The van der Waals surface area contributed by atoms with Gasteiger partial charge in [0.15, 0.2) is 0 Å². The summed E-state index contributed by atoms with van der Waals surface area (Å²) < 4.78 is 12.6. The Kier molecular flexibility index (Phi) is 5.01. The summed E-state index contributed by atoms with van der Waals surface area (Å²) in [7, 11) is 5.59. The van der Waals surface area contributed by atoms with Gasteiger partial charge in [0.05, 0.1) is 14.2 Å². The molecule has 0 saturated carbocycles. The van der Waals surface area contributed by atoms with Crippen molar-refractivity contribution in [2.75, 3.05) is 52.3 Å². The molecule has 2 aromatic rings. The topological polar surface area (TPSA) is 40.7 Å². The predicted octanol–water partition coefficient (Wildman–Crippen LogP) is 3.06. The van der Waals surface area contributed by atoms with Crippen LogP contribution < -0.4 is 14.4 Å². The van der Waals surface area contributed by atoms with Gasteiger partial charge < -0.3 is 24.3 Å². The number of hydrogen-bond acceptors (Lipinski definition) is 4. The molecular formula is C17H22IN3O2. The lowest BCUT2D eigenvalue weighted by molar-refractivity contribution is 0.308. The fourth-order valence-electron chi connectivity index (χ4n) is 2.93. The monoisotopic (exact) mass is 427 g/mol. The Bertz CT molecular complexity index is 653. The van der Waals surface area contributed by atoms with Crippen molar-refractivity contribution in [2.45, 2.75) is 0 Å². The van der Waals surface area contributed by atoms with Crippen LogP contribution in [0.1, 0.15) is 0 Å². The molecule has 124 valence electrons. The molecule has 2 heterocycles. The van der Waals surface area contributed by atoms with Gasteiger partial charge in [0.1, 0.15) is 17.2 Å². The summed E-state index contributed by atoms with van der Waals surface area (Å²) in [5.74, 6) is 1.71. The van der Waals surface area contributed by atoms with E-state index in [-0.39, 0.29) is 0 Å². The maximum absolute atomic E-state index is 5.69. The van der Waals surface area contributed by atoms with Crippen LogP contribution in [0.3, 0.4) is 0 Å². The lowest BCUT2D eigenvalue weighted by atomic mass is 10.1. The average molecular weight is 427 g/mol. The number of benzene rings is 1. The van der Waals surface area contributed by atoms with Crippen LogP contribution in [0, 0.1) is 3.57 Å². The molecule has 1 fully saturated rings. The van der Waals surface area contributed by atoms with Crippen LogP contribution in [0.15, 0.2) is 24.4 Å². The van der Waals surface area contributed by atoms with Gasteiger partial charge in [-0.1, -0.05) is 0 Å². The minimum Gasteiger partial charge on any atom is -0.494 e. The van der Waals surface area contributed by atoms with Gasteiger partial charge in [0, 0.05) is 47.2 Å². The molecule has 1 N–H and O–H groups in total. The SMILES string of the molecule is COc1cc(-c2cc(I)c[nH]2)cc(OC)c1N1CCN(C)CC1. The summed E-state index contributed by atoms with van der Waals surface area (Å²) in [5.41, 5.74) is 3.18. The van der Waals surface area contributed by atoms with E-state index in [1.54, 1.807) is 14.2 Å². The zero-order valence-electron chi connectivity index (χ0n) is 13.7. The largest absolute Gasteiger partial charge is 0.494 e. The van der Waals surface area contributed by atoms with Gasteiger partial charge in [-0.2, -0.15) is 0 Å². The van der Waals surface area contributed by atoms with E-state index in [1.807, 2.05) is 6.20 Å². The first-order valence-corrected chi connectivity index (χ1v) is 8.74. The number of nitrogens with one attached hydrogen (secondary N) is 1. The number of hydrogen-bond donors (Lipinski definition) is 1. The van der Waals surface area contributed by atoms with E-state index in [9.17, 15) is 0 Å². The van der Waals surface area contributed by atoms with Gasteiger partial charge >= 0.3 is 0 Å². The lowest BCUT2D eigenvalue weighted by Gasteiger charge is -2.35. The van der Waals surface area contributed by atoms with Gasteiger partial charge in [0.25, 0.3) is 0 Å². The number of rotatable bonds is 4. The molecule has 5 nitrogen and oxygen atoms in total. The van der Waals surface area contributed by atoms with Crippen LogP contribution in [0.25, 0.3) is 11.3 Å². The van der Waals surface area contributed by atoms with Crippen molar-refractivity contribution in [3.8, 4) is 22.8 Å². The van der Waals surface area contributed by atoms with E-state index >= 15 is 0 Å². The first kappa shape index (κ1) is 16.4. The van der Waals surface area contributed by atoms with Crippen LogP contribution in [-0.2, 0) is 0 Å². The number of anilines is 1. The fourth-order valence-corrected chi connectivity index (χ4v) is 3.39. The van der Waals surface area contributed by atoms with Crippen molar-refractivity contribution in [3.63, 3.8) is 0 Å². The van der Waals surface area contributed by atoms with E-state index < -0.39 is 0 Å². The summed E-state index contributed by atoms with van der Waals surface area (Å²) >= 11 is 2.30. The molecule has 0 spiro atoms. The van der Waals surface area contributed by atoms with Crippen molar-refractivity contribution in [1.29, 1.82) is 0 Å². The number of aromatic nitrogens is 1. The molecule has 23 heavy (non-hydrogen) atoms. The molecule has 0 amide bonds. The molecule has 0 radical (unpaired) electrons. The van der Waals surface area contributed by atoms with E-state index in [0.29, 0.717) is 0 Å². The molecule has 1 aromatic heterocycles. The highest BCUT2D eigenvalue weighted by atomic mass is 127. The Morgan fingerprint density at radius 1 is 1.00 bits per heavy atom. The van der Waals surface area contributed by atoms with Crippen molar-refractivity contribution < 1.29 is 9.47 Å². The molecule has 0 unspecified atom stereocenters. The number of nitrogens with zero attached hydrogens (tertiary/aromatic N) is 2. The Morgan fingerprint density at radius 2 is 1.61 bits per heavy atom.